The largest absolute Gasteiger partial charge is 0.389 e. The van der Waals surface area contributed by atoms with E-state index >= 15 is 0 Å². The van der Waals surface area contributed by atoms with Crippen LogP contribution >= 0.6 is 15.9 Å². The van der Waals surface area contributed by atoms with Crippen LogP contribution in [0.15, 0.2) is 16.7 Å². The normalized spacial score (nSPS) is 12.7. The maximum Gasteiger partial charge on any atom is 0.268 e. The Kier molecular flexibility index (Phi) is 6.54. The van der Waals surface area contributed by atoms with Crippen molar-refractivity contribution in [3.8, 4) is 0 Å². The standard InChI is InChI=1S/C13H21BrN2O3/c1-9(2)7-19-8-11(17)5-15-13(18)12-4-10(14)6-16(12)3/h4,6,9,11,17H,5,7-8H2,1-3H3,(H,15,18). The maximum atomic E-state index is 11.9. The molecule has 6 heteroatoms. The Bertz CT molecular complexity index is 418. The lowest BCUT2D eigenvalue weighted by molar-refractivity contribution is 0.0258. The third kappa shape index (κ3) is 5.76. The molecule has 0 saturated carbocycles. The van der Waals surface area contributed by atoms with Crippen molar-refractivity contribution in [1.82, 2.24) is 9.88 Å². The molecule has 1 atom stereocenters. The molecule has 0 aliphatic heterocycles. The first kappa shape index (κ1) is 16.2. The number of nitrogens with zero attached hydrogens (tertiary/aromatic N) is 1. The lowest BCUT2D eigenvalue weighted by Crippen LogP contribution is -2.35. The number of amides is 1. The van der Waals surface area contributed by atoms with Gasteiger partial charge in [-0.3, -0.25) is 4.79 Å². The maximum absolute atomic E-state index is 11.9. The first-order valence-electron chi connectivity index (χ1n) is 6.26. The molecule has 0 spiro atoms. The number of halogens is 1. The highest BCUT2D eigenvalue weighted by Gasteiger charge is 2.12. The van der Waals surface area contributed by atoms with Crippen LogP contribution in [0.4, 0.5) is 0 Å². The van der Waals surface area contributed by atoms with Gasteiger partial charge in [0.05, 0.1) is 12.7 Å². The molecule has 0 saturated heterocycles. The van der Waals surface area contributed by atoms with E-state index in [9.17, 15) is 9.90 Å². The Balaban J connectivity index is 2.32. The van der Waals surface area contributed by atoms with Gasteiger partial charge in [-0.05, 0) is 27.9 Å². The van der Waals surface area contributed by atoms with Crippen LogP contribution in [0, 0.1) is 5.92 Å². The fourth-order valence-electron chi connectivity index (χ4n) is 1.55. The van der Waals surface area contributed by atoms with Gasteiger partial charge in [0.25, 0.3) is 5.91 Å². The summed E-state index contributed by atoms with van der Waals surface area (Å²) in [5.41, 5.74) is 0.544. The van der Waals surface area contributed by atoms with Crippen LogP contribution in [0.1, 0.15) is 24.3 Å². The molecular weight excluding hydrogens is 312 g/mol. The monoisotopic (exact) mass is 332 g/mol. The van der Waals surface area contributed by atoms with Crippen molar-refractivity contribution < 1.29 is 14.6 Å². The summed E-state index contributed by atoms with van der Waals surface area (Å²) in [4.78, 5) is 11.9. The molecule has 0 aromatic carbocycles. The molecule has 0 fully saturated rings. The van der Waals surface area contributed by atoms with Gasteiger partial charge < -0.3 is 19.7 Å². The van der Waals surface area contributed by atoms with Crippen LogP contribution in [0.25, 0.3) is 0 Å². The van der Waals surface area contributed by atoms with E-state index in [0.29, 0.717) is 18.2 Å². The minimum Gasteiger partial charge on any atom is -0.389 e. The number of aromatic nitrogens is 1. The van der Waals surface area contributed by atoms with E-state index < -0.39 is 6.10 Å². The summed E-state index contributed by atoms with van der Waals surface area (Å²) in [7, 11) is 1.79. The van der Waals surface area contributed by atoms with Crippen LogP contribution in [-0.2, 0) is 11.8 Å². The molecule has 1 aromatic rings. The van der Waals surface area contributed by atoms with Crippen molar-refractivity contribution in [2.45, 2.75) is 20.0 Å². The van der Waals surface area contributed by atoms with Crippen LogP contribution < -0.4 is 5.32 Å². The summed E-state index contributed by atoms with van der Waals surface area (Å²) in [5, 5.41) is 12.4. The number of hydrogen-bond acceptors (Lipinski definition) is 3. The first-order chi connectivity index (χ1) is 8.90. The average molecular weight is 333 g/mol. The minimum atomic E-state index is -0.689. The molecule has 5 nitrogen and oxygen atoms in total. The number of hydrogen-bond donors (Lipinski definition) is 2. The number of carbonyl (C=O) groups is 1. The summed E-state index contributed by atoms with van der Waals surface area (Å²) in [6.45, 7) is 5.10. The summed E-state index contributed by atoms with van der Waals surface area (Å²) in [6, 6.07) is 1.73. The zero-order chi connectivity index (χ0) is 14.4. The molecule has 1 rings (SSSR count). The van der Waals surface area contributed by atoms with Crippen molar-refractivity contribution in [2.24, 2.45) is 13.0 Å². The Labute approximate surface area is 122 Å². The molecular formula is C13H21BrN2O3. The van der Waals surface area contributed by atoms with Gasteiger partial charge in [0.1, 0.15) is 5.69 Å². The quantitative estimate of drug-likeness (QED) is 0.796. The zero-order valence-electron chi connectivity index (χ0n) is 11.5. The molecule has 0 bridgehead atoms. The molecule has 0 aliphatic carbocycles. The first-order valence-corrected chi connectivity index (χ1v) is 7.05. The number of aryl methyl sites for hydroxylation is 1. The molecule has 0 radical (unpaired) electrons. The van der Waals surface area contributed by atoms with Crippen LogP contribution in [0.5, 0.6) is 0 Å². The lowest BCUT2D eigenvalue weighted by atomic mass is 10.2. The lowest BCUT2D eigenvalue weighted by Gasteiger charge is -2.13. The van der Waals surface area contributed by atoms with Gasteiger partial charge in [-0.1, -0.05) is 13.8 Å². The third-order valence-electron chi connectivity index (χ3n) is 2.46. The number of ether oxygens (including phenoxy) is 1. The van der Waals surface area contributed by atoms with Crippen LogP contribution in [0.2, 0.25) is 0 Å². The van der Waals surface area contributed by atoms with Gasteiger partial charge in [0, 0.05) is 30.9 Å². The summed E-state index contributed by atoms with van der Waals surface area (Å²) in [6.07, 6.45) is 1.11. The van der Waals surface area contributed by atoms with E-state index in [2.05, 4.69) is 21.2 Å². The van der Waals surface area contributed by atoms with E-state index in [-0.39, 0.29) is 19.1 Å². The third-order valence-corrected chi connectivity index (χ3v) is 2.90. The van der Waals surface area contributed by atoms with E-state index in [0.717, 1.165) is 4.47 Å². The van der Waals surface area contributed by atoms with Gasteiger partial charge in [-0.2, -0.15) is 0 Å². The van der Waals surface area contributed by atoms with E-state index in [1.54, 1.807) is 23.9 Å². The van der Waals surface area contributed by atoms with E-state index in [4.69, 9.17) is 4.74 Å². The van der Waals surface area contributed by atoms with Crippen LogP contribution in [-0.4, -0.2) is 41.4 Å². The highest BCUT2D eigenvalue weighted by atomic mass is 79.9. The van der Waals surface area contributed by atoms with Crippen molar-refractivity contribution in [2.75, 3.05) is 19.8 Å². The van der Waals surface area contributed by atoms with Crippen LogP contribution in [0.3, 0.4) is 0 Å². The van der Waals surface area contributed by atoms with Gasteiger partial charge in [0.15, 0.2) is 0 Å². The second-order valence-corrected chi connectivity index (χ2v) is 5.87. The molecule has 1 unspecified atom stereocenters. The van der Waals surface area contributed by atoms with Gasteiger partial charge >= 0.3 is 0 Å². The molecule has 19 heavy (non-hydrogen) atoms. The summed E-state index contributed by atoms with van der Waals surface area (Å²) in [5.74, 6) is 0.221. The Morgan fingerprint density at radius 3 is 2.74 bits per heavy atom. The molecule has 0 aliphatic rings. The predicted molar refractivity (Wildman–Crippen MR) is 77.1 cm³/mol. The molecule has 2 N–H and O–H groups in total. The summed E-state index contributed by atoms with van der Waals surface area (Å²) >= 11 is 3.31. The molecule has 1 heterocycles. The topological polar surface area (TPSA) is 63.5 Å². The number of aliphatic hydroxyl groups excluding tert-OH is 1. The van der Waals surface area contributed by atoms with Gasteiger partial charge in [-0.25, -0.2) is 0 Å². The van der Waals surface area contributed by atoms with Crippen molar-refractivity contribution in [1.29, 1.82) is 0 Å². The Morgan fingerprint density at radius 1 is 1.53 bits per heavy atom. The molecule has 108 valence electrons. The number of aliphatic hydroxyl groups is 1. The zero-order valence-corrected chi connectivity index (χ0v) is 13.1. The second kappa shape index (κ2) is 7.67. The van der Waals surface area contributed by atoms with Gasteiger partial charge in [0.2, 0.25) is 0 Å². The molecule has 1 amide bonds. The molecule has 1 aromatic heterocycles. The fourth-order valence-corrected chi connectivity index (χ4v) is 2.07. The van der Waals surface area contributed by atoms with Crippen molar-refractivity contribution in [3.63, 3.8) is 0 Å². The highest BCUT2D eigenvalue weighted by Crippen LogP contribution is 2.13. The second-order valence-electron chi connectivity index (χ2n) is 4.95. The predicted octanol–water partition coefficient (Wildman–Crippen LogP) is 1.55. The minimum absolute atomic E-state index is 0.180. The average Bonchev–Trinajstić information content (AvgIpc) is 2.65. The highest BCUT2D eigenvalue weighted by molar-refractivity contribution is 9.10. The van der Waals surface area contributed by atoms with E-state index in [1.165, 1.54) is 0 Å². The van der Waals surface area contributed by atoms with E-state index in [1.807, 2.05) is 13.8 Å². The number of nitrogens with one attached hydrogen (secondary N) is 1. The number of rotatable bonds is 7. The Morgan fingerprint density at radius 2 is 2.21 bits per heavy atom. The fraction of sp³-hybridized carbons (Fsp3) is 0.615. The summed E-state index contributed by atoms with van der Waals surface area (Å²) < 4.78 is 7.88. The number of carbonyl (C=O) groups excluding carboxylic acids is 1. The van der Waals surface area contributed by atoms with Crippen molar-refractivity contribution in [3.05, 3.63) is 22.4 Å². The smallest absolute Gasteiger partial charge is 0.268 e. The van der Waals surface area contributed by atoms with Gasteiger partial charge in [-0.15, -0.1) is 0 Å². The SMILES string of the molecule is CC(C)COCC(O)CNC(=O)c1cc(Br)cn1C. The van der Waals surface area contributed by atoms with Crippen molar-refractivity contribution >= 4 is 21.8 Å². The Hall–Kier alpha value is -0.850.